The van der Waals surface area contributed by atoms with Crippen LogP contribution in [0.5, 0.6) is 5.75 Å². The molecule has 1 fully saturated rings. The van der Waals surface area contributed by atoms with Gasteiger partial charge in [0.05, 0.1) is 12.8 Å². The van der Waals surface area contributed by atoms with Crippen LogP contribution in [0.2, 0.25) is 0 Å². The Hall–Kier alpha value is -2.41. The second-order valence-corrected chi connectivity index (χ2v) is 5.99. The number of carbonyl (C=O) groups excluding carboxylic acids is 2. The first-order valence-electron chi connectivity index (χ1n) is 7.10. The van der Waals surface area contributed by atoms with Crippen molar-refractivity contribution in [3.05, 3.63) is 46.4 Å². The summed E-state index contributed by atoms with van der Waals surface area (Å²) in [7, 11) is 1.49. The molecule has 3 rings (SSSR count). The van der Waals surface area contributed by atoms with Gasteiger partial charge in [-0.3, -0.25) is 9.59 Å². The van der Waals surface area contributed by atoms with Gasteiger partial charge in [-0.05, 0) is 30.0 Å². The summed E-state index contributed by atoms with van der Waals surface area (Å²) in [4.78, 5) is 26.5. The summed E-state index contributed by atoms with van der Waals surface area (Å²) < 4.78 is 18.9. The normalized spacial score (nSPS) is 17.4. The lowest BCUT2D eigenvalue weighted by Gasteiger charge is -2.17. The first-order chi connectivity index (χ1) is 11.1. The third kappa shape index (κ3) is 2.92. The highest BCUT2D eigenvalue weighted by atomic mass is 32.1. The Morgan fingerprint density at radius 2 is 2.17 bits per heavy atom. The second-order valence-electron chi connectivity index (χ2n) is 5.07. The lowest BCUT2D eigenvalue weighted by Crippen LogP contribution is -2.41. The summed E-state index contributed by atoms with van der Waals surface area (Å²) in [6.45, 7) is 0.367. The molecule has 5 nitrogen and oxygen atoms in total. The number of para-hydroxylation sites is 1. The Morgan fingerprint density at radius 1 is 1.39 bits per heavy atom. The molecule has 0 aliphatic carbocycles. The monoisotopic (exact) mass is 334 g/mol. The van der Waals surface area contributed by atoms with Gasteiger partial charge in [-0.15, -0.1) is 11.3 Å². The molecule has 1 aromatic carbocycles. The van der Waals surface area contributed by atoms with Gasteiger partial charge >= 0.3 is 0 Å². The molecule has 1 atom stereocenters. The van der Waals surface area contributed by atoms with E-state index < -0.39 is 11.9 Å². The minimum Gasteiger partial charge on any atom is -0.495 e. The molecular formula is C16H15FN2O3S. The van der Waals surface area contributed by atoms with Crippen molar-refractivity contribution in [3.8, 4) is 5.75 Å². The minimum absolute atomic E-state index is 0.239. The van der Waals surface area contributed by atoms with Crippen LogP contribution in [0.3, 0.4) is 0 Å². The highest BCUT2D eigenvalue weighted by Crippen LogP contribution is 2.27. The molecule has 0 radical (unpaired) electrons. The van der Waals surface area contributed by atoms with Crippen LogP contribution in [0, 0.1) is 5.82 Å². The summed E-state index contributed by atoms with van der Waals surface area (Å²) >= 11 is 1.24. The molecule has 0 saturated carbocycles. The highest BCUT2D eigenvalue weighted by Gasteiger charge is 2.35. The van der Waals surface area contributed by atoms with E-state index in [2.05, 4.69) is 5.32 Å². The topological polar surface area (TPSA) is 58.6 Å². The molecule has 0 bridgehead atoms. The van der Waals surface area contributed by atoms with Gasteiger partial charge in [0.2, 0.25) is 5.91 Å². The van der Waals surface area contributed by atoms with Crippen LogP contribution in [0.15, 0.2) is 35.7 Å². The van der Waals surface area contributed by atoms with Gasteiger partial charge in [-0.25, -0.2) is 4.39 Å². The minimum atomic E-state index is -0.658. The third-order valence-electron chi connectivity index (χ3n) is 3.71. The largest absolute Gasteiger partial charge is 0.495 e. The fourth-order valence-electron chi connectivity index (χ4n) is 2.57. The molecular weight excluding hydrogens is 319 g/mol. The Morgan fingerprint density at radius 3 is 2.91 bits per heavy atom. The molecule has 1 aliphatic rings. The molecule has 2 aromatic rings. The molecule has 0 spiro atoms. The molecule has 0 unspecified atom stereocenters. The Balaban J connectivity index is 1.73. The second kappa shape index (κ2) is 6.37. The van der Waals surface area contributed by atoms with Crippen molar-refractivity contribution in [3.63, 3.8) is 0 Å². The Kier molecular flexibility index (Phi) is 4.29. The Labute approximate surface area is 136 Å². The maximum Gasteiger partial charge on any atom is 0.265 e. The highest BCUT2D eigenvalue weighted by molar-refractivity contribution is 7.12. The number of halogens is 1. The first-order valence-corrected chi connectivity index (χ1v) is 7.98. The van der Waals surface area contributed by atoms with Crippen molar-refractivity contribution in [2.75, 3.05) is 18.6 Å². The standard InChI is InChI=1S/C16H15FN2O3S/c1-22-13-7-9-23-14(13)15(20)18-11-6-8-19(16(11)21)12-5-3-2-4-10(12)17/h2-5,7,9,11H,6,8H2,1H3,(H,18,20)/t11-/m0/s1. The number of amides is 2. The number of hydrogen-bond acceptors (Lipinski definition) is 4. The zero-order valence-electron chi connectivity index (χ0n) is 12.4. The predicted molar refractivity (Wildman–Crippen MR) is 85.5 cm³/mol. The van der Waals surface area contributed by atoms with Crippen molar-refractivity contribution in [2.24, 2.45) is 0 Å². The van der Waals surface area contributed by atoms with E-state index in [1.807, 2.05) is 0 Å². The molecule has 7 heteroatoms. The summed E-state index contributed by atoms with van der Waals surface area (Å²) in [6, 6.07) is 7.15. The van der Waals surface area contributed by atoms with E-state index in [9.17, 15) is 14.0 Å². The summed E-state index contributed by atoms with van der Waals surface area (Å²) in [5, 5.41) is 4.45. The smallest absolute Gasteiger partial charge is 0.265 e. The van der Waals surface area contributed by atoms with Crippen molar-refractivity contribution < 1.29 is 18.7 Å². The van der Waals surface area contributed by atoms with Gasteiger partial charge in [0, 0.05) is 6.54 Å². The molecule has 1 aliphatic heterocycles. The number of benzene rings is 1. The van der Waals surface area contributed by atoms with E-state index in [0.717, 1.165) is 0 Å². The summed E-state index contributed by atoms with van der Waals surface area (Å²) in [6.07, 6.45) is 0.437. The maximum absolute atomic E-state index is 13.8. The van der Waals surface area contributed by atoms with Gasteiger partial charge in [0.1, 0.15) is 22.5 Å². The molecule has 1 aromatic heterocycles. The number of nitrogens with one attached hydrogen (secondary N) is 1. The van der Waals surface area contributed by atoms with Crippen LogP contribution >= 0.6 is 11.3 Å². The predicted octanol–water partition coefficient (Wildman–Crippen LogP) is 2.43. The van der Waals surface area contributed by atoms with Gasteiger partial charge in [-0.1, -0.05) is 12.1 Å². The number of carbonyl (C=O) groups is 2. The van der Waals surface area contributed by atoms with E-state index in [1.165, 1.54) is 29.4 Å². The van der Waals surface area contributed by atoms with Crippen LogP contribution in [0.4, 0.5) is 10.1 Å². The van der Waals surface area contributed by atoms with Crippen LogP contribution in [0.25, 0.3) is 0 Å². The third-order valence-corrected chi connectivity index (χ3v) is 4.60. The SMILES string of the molecule is COc1ccsc1C(=O)N[C@H]1CCN(c2ccccc2F)C1=O. The summed E-state index contributed by atoms with van der Waals surface area (Å²) in [5.41, 5.74) is 0.239. The molecule has 120 valence electrons. The van der Waals surface area contributed by atoms with E-state index in [-0.39, 0.29) is 17.5 Å². The number of nitrogens with zero attached hydrogens (tertiary/aromatic N) is 1. The van der Waals surface area contributed by atoms with E-state index in [1.54, 1.807) is 29.6 Å². The van der Waals surface area contributed by atoms with Crippen LogP contribution in [-0.2, 0) is 4.79 Å². The van der Waals surface area contributed by atoms with Gasteiger partial charge in [-0.2, -0.15) is 0 Å². The van der Waals surface area contributed by atoms with E-state index in [4.69, 9.17) is 4.74 Å². The van der Waals surface area contributed by atoms with Crippen molar-refractivity contribution in [2.45, 2.75) is 12.5 Å². The molecule has 1 N–H and O–H groups in total. The van der Waals surface area contributed by atoms with Crippen LogP contribution < -0.4 is 15.0 Å². The number of methoxy groups -OCH3 is 1. The van der Waals surface area contributed by atoms with E-state index >= 15 is 0 Å². The lowest BCUT2D eigenvalue weighted by molar-refractivity contribution is -0.118. The Bertz CT molecular complexity index is 746. The fraction of sp³-hybridized carbons (Fsp3) is 0.250. The average Bonchev–Trinajstić information content (AvgIpc) is 3.16. The molecule has 23 heavy (non-hydrogen) atoms. The van der Waals surface area contributed by atoms with Crippen molar-refractivity contribution in [1.82, 2.24) is 5.32 Å². The molecule has 1 saturated heterocycles. The lowest BCUT2D eigenvalue weighted by atomic mass is 10.2. The number of ether oxygens (including phenoxy) is 1. The quantitative estimate of drug-likeness (QED) is 0.934. The maximum atomic E-state index is 13.8. The van der Waals surface area contributed by atoms with Gasteiger partial charge in [0.15, 0.2) is 0 Å². The van der Waals surface area contributed by atoms with Crippen LogP contribution in [0.1, 0.15) is 16.1 Å². The number of thiophene rings is 1. The van der Waals surface area contributed by atoms with Crippen LogP contribution in [-0.4, -0.2) is 31.5 Å². The number of hydrogen-bond donors (Lipinski definition) is 1. The zero-order valence-corrected chi connectivity index (χ0v) is 13.2. The van der Waals surface area contributed by atoms with E-state index in [0.29, 0.717) is 23.6 Å². The van der Waals surface area contributed by atoms with Gasteiger partial charge in [0.25, 0.3) is 5.91 Å². The zero-order chi connectivity index (χ0) is 16.4. The average molecular weight is 334 g/mol. The van der Waals surface area contributed by atoms with Crippen molar-refractivity contribution >= 4 is 28.8 Å². The molecule has 2 amide bonds. The fourth-order valence-corrected chi connectivity index (χ4v) is 3.33. The van der Waals surface area contributed by atoms with Crippen molar-refractivity contribution in [1.29, 1.82) is 0 Å². The number of rotatable bonds is 4. The van der Waals surface area contributed by atoms with Gasteiger partial charge < -0.3 is 15.0 Å². The number of anilines is 1. The molecule has 2 heterocycles. The first kappa shape index (κ1) is 15.5. The summed E-state index contributed by atoms with van der Waals surface area (Å²) in [5.74, 6) is -0.638.